The predicted octanol–water partition coefficient (Wildman–Crippen LogP) is -0.513. The number of allylic oxidation sites excluding steroid dienone is 1. The standard InChI is InChI=1S/C3H3O.Al.Be/c1-2-3-4;;/h2H,1H2;;. The second kappa shape index (κ2) is 5.11. The zero-order valence-corrected chi connectivity index (χ0v) is 4.63. The Morgan fingerprint density at radius 3 is 2.00 bits per heavy atom. The molecular formula is C3H3AlBeO. The monoisotopic (exact) mass is 91.0 g/mol. The molecule has 0 aromatic rings. The summed E-state index contributed by atoms with van der Waals surface area (Å²) >= 11 is 0. The Labute approximate surface area is 50.3 Å². The van der Waals surface area contributed by atoms with Crippen LogP contribution in [0.3, 0.4) is 0 Å². The zero-order chi connectivity index (χ0) is 4.28. The Kier molecular flexibility index (Phi) is 8.05. The van der Waals surface area contributed by atoms with Gasteiger partial charge in [0.15, 0.2) is 0 Å². The summed E-state index contributed by atoms with van der Waals surface area (Å²) in [5.41, 5.74) is -0.231. The molecule has 0 saturated heterocycles. The first kappa shape index (κ1) is 9.45. The van der Waals surface area contributed by atoms with Gasteiger partial charge in [-0.3, -0.25) is 0 Å². The summed E-state index contributed by atoms with van der Waals surface area (Å²) in [6, 6.07) is 0. The van der Waals surface area contributed by atoms with Crippen molar-refractivity contribution in [3.8, 4) is 0 Å². The molecule has 0 N–H and O–H groups in total. The Bertz CT molecular complexity index is 61.8. The molecule has 0 spiro atoms. The molecule has 0 aliphatic carbocycles. The van der Waals surface area contributed by atoms with Gasteiger partial charge in [-0.15, -0.1) is 0 Å². The van der Waals surface area contributed by atoms with Crippen molar-refractivity contribution in [2.24, 2.45) is 0 Å². The fourth-order valence-corrected chi connectivity index (χ4v) is 0. The van der Waals surface area contributed by atoms with E-state index in [-0.39, 0.29) is 22.9 Å². The van der Waals surface area contributed by atoms with Crippen LogP contribution in [-0.2, 0) is 4.79 Å². The van der Waals surface area contributed by atoms with E-state index >= 15 is 0 Å². The first-order valence-corrected chi connectivity index (χ1v) is 1.25. The van der Waals surface area contributed by atoms with Gasteiger partial charge in [-0.2, -0.15) is 0 Å². The van der Waals surface area contributed by atoms with E-state index in [0.717, 1.165) is 0 Å². The van der Waals surface area contributed by atoms with Gasteiger partial charge in [-0.25, -0.2) is 0 Å². The topological polar surface area (TPSA) is 17.1 Å². The third kappa shape index (κ3) is 8.93. The van der Waals surface area contributed by atoms with E-state index in [1.54, 1.807) is 0 Å². The molecule has 3 heteroatoms. The van der Waals surface area contributed by atoms with Crippen molar-refractivity contribution in [3.63, 3.8) is 0 Å². The molecule has 0 heterocycles. The van der Waals surface area contributed by atoms with Crippen LogP contribution in [0.2, 0.25) is 0 Å². The third-order valence-electron chi connectivity index (χ3n) is 0.228. The molecule has 1 nitrogen and oxygen atoms in total. The first-order valence-electron chi connectivity index (χ1n) is 1.25. The molecule has 0 bridgehead atoms. The zero-order valence-electron chi connectivity index (χ0n) is 3.48. The van der Waals surface area contributed by atoms with Crippen LogP contribution in [0.4, 0.5) is 0 Å². The number of hydrogen-bond donors (Lipinski definition) is 0. The van der Waals surface area contributed by atoms with Crippen LogP contribution in [0, 0.1) is 0 Å². The van der Waals surface area contributed by atoms with E-state index in [2.05, 4.69) is 16.0 Å². The second-order valence-electron chi connectivity index (χ2n) is 0.670. The average Bonchev–Trinajstić information content (AvgIpc) is 1.38. The van der Waals surface area contributed by atoms with Crippen LogP contribution in [0.5, 0.6) is 0 Å². The molecule has 26 valence electrons. The summed E-state index contributed by atoms with van der Waals surface area (Å²) in [7, 11) is 3.00. The Hall–Kier alpha value is 0.111. The van der Waals surface area contributed by atoms with Gasteiger partial charge in [-0.05, 0) is 0 Å². The molecule has 0 aromatic carbocycles. The second-order valence-corrected chi connectivity index (χ2v) is 0.670. The summed E-state index contributed by atoms with van der Waals surface area (Å²) < 4.78 is 0. The Morgan fingerprint density at radius 2 is 2.00 bits per heavy atom. The molecule has 6 heavy (non-hydrogen) atoms. The molecular weight excluding hydrogens is 88.0 g/mol. The molecule has 0 atom stereocenters. The normalized spacial score (nSPS) is 5.17. The van der Waals surface area contributed by atoms with Crippen LogP contribution in [0.25, 0.3) is 0 Å². The van der Waals surface area contributed by atoms with Gasteiger partial charge >= 0.3 is 32.4 Å². The summed E-state index contributed by atoms with van der Waals surface area (Å²) in [5.74, 6) is 0. The Balaban J connectivity index is 0. The van der Waals surface area contributed by atoms with Gasteiger partial charge in [-0.1, -0.05) is 0 Å². The summed E-state index contributed by atoms with van der Waals surface area (Å²) in [6.45, 7) is 3.15. The van der Waals surface area contributed by atoms with Gasteiger partial charge in [0.2, 0.25) is 0 Å². The third-order valence-corrected chi connectivity index (χ3v) is 0.228. The molecule has 0 saturated carbocycles. The van der Waals surface area contributed by atoms with E-state index in [9.17, 15) is 4.79 Å². The van der Waals surface area contributed by atoms with Gasteiger partial charge in [0.05, 0.1) is 0 Å². The van der Waals surface area contributed by atoms with E-state index in [1.807, 2.05) is 0 Å². The number of hydrogen-bond acceptors (Lipinski definition) is 1. The van der Waals surface area contributed by atoms with Gasteiger partial charge < -0.3 is 0 Å². The van der Waals surface area contributed by atoms with E-state index in [1.165, 1.54) is 6.08 Å². The van der Waals surface area contributed by atoms with Crippen molar-refractivity contribution in [1.29, 1.82) is 0 Å². The number of carbonyl (C=O) groups excluding carboxylic acids is 1. The first-order chi connectivity index (χ1) is 2.27. The van der Waals surface area contributed by atoms with E-state index < -0.39 is 0 Å². The maximum atomic E-state index is 9.58. The van der Waals surface area contributed by atoms with Crippen LogP contribution >= 0.6 is 0 Å². The minimum absolute atomic E-state index is 0. The molecule has 0 rings (SSSR count). The summed E-state index contributed by atoms with van der Waals surface area (Å²) in [5, 5.41) is 0. The molecule has 0 unspecified atom stereocenters. The molecule has 0 fully saturated rings. The van der Waals surface area contributed by atoms with Gasteiger partial charge in [0.25, 0.3) is 0 Å². The van der Waals surface area contributed by atoms with Crippen molar-refractivity contribution in [2.45, 2.75) is 0 Å². The quantitative estimate of drug-likeness (QED) is 0.313. The number of rotatable bonds is 1. The molecule has 4 radical (unpaired) electrons. The van der Waals surface area contributed by atoms with Crippen molar-refractivity contribution < 1.29 is 4.79 Å². The van der Waals surface area contributed by atoms with E-state index in [4.69, 9.17) is 0 Å². The maximum absolute atomic E-state index is 9.58. The SMILES string of the molecule is [Al].[Be][C](=O)C=C. The fraction of sp³-hybridized carbons (Fsp3) is 0. The van der Waals surface area contributed by atoms with Crippen molar-refractivity contribution in [1.82, 2.24) is 0 Å². The molecule has 0 aromatic heterocycles. The van der Waals surface area contributed by atoms with Crippen molar-refractivity contribution in [3.05, 3.63) is 12.7 Å². The van der Waals surface area contributed by atoms with Crippen molar-refractivity contribution >= 4 is 32.3 Å². The predicted molar refractivity (Wildman–Crippen MR) is 26.7 cm³/mol. The Morgan fingerprint density at radius 1 is 1.83 bits per heavy atom. The van der Waals surface area contributed by atoms with Crippen LogP contribution in [0.1, 0.15) is 0 Å². The average molecular weight is 91.0 g/mol. The minimum atomic E-state index is -0.231. The van der Waals surface area contributed by atoms with Crippen molar-refractivity contribution in [2.75, 3.05) is 0 Å². The number of carbonyl (C=O) groups is 1. The fourth-order valence-electron chi connectivity index (χ4n) is 0. The van der Waals surface area contributed by atoms with Crippen LogP contribution in [0.15, 0.2) is 12.7 Å². The summed E-state index contributed by atoms with van der Waals surface area (Å²) in [4.78, 5) is 9.58. The van der Waals surface area contributed by atoms with Gasteiger partial charge in [0, 0.05) is 17.4 Å². The van der Waals surface area contributed by atoms with E-state index in [0.29, 0.717) is 0 Å². The summed E-state index contributed by atoms with van der Waals surface area (Å²) in [6.07, 6.45) is 1.17. The molecule has 0 amide bonds. The molecule has 0 aliphatic rings. The van der Waals surface area contributed by atoms with Crippen LogP contribution < -0.4 is 0 Å². The van der Waals surface area contributed by atoms with Gasteiger partial charge in [0.1, 0.15) is 0 Å². The van der Waals surface area contributed by atoms with Crippen LogP contribution in [-0.4, -0.2) is 32.3 Å². The molecule has 0 aliphatic heterocycles.